The van der Waals surface area contributed by atoms with E-state index in [1.165, 1.54) is 5.75 Å². The zero-order valence-electron chi connectivity index (χ0n) is 7.79. The van der Waals surface area contributed by atoms with Gasteiger partial charge in [0.25, 0.3) is 0 Å². The summed E-state index contributed by atoms with van der Waals surface area (Å²) in [5, 5.41) is 0. The molecule has 1 saturated carbocycles. The molecule has 0 radical (unpaired) electrons. The molecular formula is C9H19NOS. The second-order valence-electron chi connectivity index (χ2n) is 3.26. The molecule has 0 aliphatic heterocycles. The standard InChI is InChI=1S/C9H19NOS/c1-2-12-6-5-11-9-4-3-8(10)7-9/h8-9H,2-7,10H2,1H3. The van der Waals surface area contributed by atoms with Crippen LogP contribution < -0.4 is 5.73 Å². The highest BCUT2D eigenvalue weighted by atomic mass is 32.2. The van der Waals surface area contributed by atoms with Gasteiger partial charge < -0.3 is 10.5 Å². The lowest BCUT2D eigenvalue weighted by atomic mass is 10.3. The minimum absolute atomic E-state index is 0.397. The molecular weight excluding hydrogens is 170 g/mol. The number of ether oxygens (including phenoxy) is 1. The van der Waals surface area contributed by atoms with Gasteiger partial charge >= 0.3 is 0 Å². The Morgan fingerprint density at radius 1 is 1.50 bits per heavy atom. The molecule has 0 aromatic rings. The summed E-state index contributed by atoms with van der Waals surface area (Å²) in [7, 11) is 0. The van der Waals surface area contributed by atoms with Crippen LogP contribution in [0, 0.1) is 0 Å². The Morgan fingerprint density at radius 3 is 2.92 bits per heavy atom. The first-order valence-corrected chi connectivity index (χ1v) is 5.93. The second-order valence-corrected chi connectivity index (χ2v) is 4.66. The Bertz CT molecular complexity index is 121. The van der Waals surface area contributed by atoms with Crippen molar-refractivity contribution in [3.63, 3.8) is 0 Å². The molecule has 0 spiro atoms. The normalized spacial score (nSPS) is 29.5. The Kier molecular flexibility index (Phi) is 5.04. The van der Waals surface area contributed by atoms with Crippen molar-refractivity contribution >= 4 is 11.8 Å². The third-order valence-corrected chi connectivity index (χ3v) is 3.07. The molecule has 0 heterocycles. The van der Waals surface area contributed by atoms with E-state index < -0.39 is 0 Å². The van der Waals surface area contributed by atoms with Crippen molar-refractivity contribution in [1.29, 1.82) is 0 Å². The molecule has 0 aromatic heterocycles. The minimum Gasteiger partial charge on any atom is -0.377 e. The van der Waals surface area contributed by atoms with E-state index in [9.17, 15) is 0 Å². The van der Waals surface area contributed by atoms with E-state index in [0.29, 0.717) is 12.1 Å². The topological polar surface area (TPSA) is 35.2 Å². The maximum absolute atomic E-state index is 5.77. The lowest BCUT2D eigenvalue weighted by Crippen LogP contribution is -2.18. The Morgan fingerprint density at radius 2 is 2.33 bits per heavy atom. The van der Waals surface area contributed by atoms with Gasteiger partial charge in [0.1, 0.15) is 0 Å². The maximum Gasteiger partial charge on any atom is 0.0590 e. The number of nitrogens with two attached hydrogens (primary N) is 1. The molecule has 1 rings (SSSR count). The summed E-state index contributed by atoms with van der Waals surface area (Å²) in [4.78, 5) is 0. The first-order valence-electron chi connectivity index (χ1n) is 4.78. The van der Waals surface area contributed by atoms with Crippen LogP contribution in [-0.4, -0.2) is 30.3 Å². The summed E-state index contributed by atoms with van der Waals surface area (Å²) < 4.78 is 5.67. The van der Waals surface area contributed by atoms with Crippen molar-refractivity contribution in [2.24, 2.45) is 5.73 Å². The van der Waals surface area contributed by atoms with Crippen LogP contribution in [-0.2, 0) is 4.74 Å². The minimum atomic E-state index is 0.397. The van der Waals surface area contributed by atoms with Gasteiger partial charge in [0.05, 0.1) is 12.7 Å². The largest absolute Gasteiger partial charge is 0.377 e. The quantitative estimate of drug-likeness (QED) is 0.668. The number of rotatable bonds is 5. The van der Waals surface area contributed by atoms with Crippen molar-refractivity contribution < 1.29 is 4.74 Å². The fourth-order valence-electron chi connectivity index (χ4n) is 1.54. The molecule has 1 aliphatic carbocycles. The van der Waals surface area contributed by atoms with Gasteiger partial charge in [-0.05, 0) is 25.0 Å². The summed E-state index contributed by atoms with van der Waals surface area (Å²) in [6.45, 7) is 3.08. The van der Waals surface area contributed by atoms with E-state index in [2.05, 4.69) is 6.92 Å². The molecule has 0 amide bonds. The van der Waals surface area contributed by atoms with Crippen molar-refractivity contribution in [3.8, 4) is 0 Å². The number of hydrogen-bond donors (Lipinski definition) is 1. The Hall–Kier alpha value is 0.270. The lowest BCUT2D eigenvalue weighted by Gasteiger charge is -2.10. The van der Waals surface area contributed by atoms with Gasteiger partial charge in [-0.1, -0.05) is 6.92 Å². The van der Waals surface area contributed by atoms with E-state index in [4.69, 9.17) is 10.5 Å². The summed E-state index contributed by atoms with van der Waals surface area (Å²) in [6, 6.07) is 0.397. The molecule has 12 heavy (non-hydrogen) atoms. The molecule has 2 N–H and O–H groups in total. The average Bonchev–Trinajstić information content (AvgIpc) is 2.45. The van der Waals surface area contributed by atoms with Crippen LogP contribution in [0.4, 0.5) is 0 Å². The third-order valence-electron chi connectivity index (χ3n) is 2.21. The van der Waals surface area contributed by atoms with Crippen molar-refractivity contribution in [3.05, 3.63) is 0 Å². The number of hydrogen-bond acceptors (Lipinski definition) is 3. The zero-order chi connectivity index (χ0) is 8.81. The van der Waals surface area contributed by atoms with E-state index in [-0.39, 0.29) is 0 Å². The predicted molar refractivity (Wildman–Crippen MR) is 54.6 cm³/mol. The van der Waals surface area contributed by atoms with Gasteiger partial charge in [-0.25, -0.2) is 0 Å². The van der Waals surface area contributed by atoms with Gasteiger partial charge in [-0.15, -0.1) is 0 Å². The fraction of sp³-hybridized carbons (Fsp3) is 1.00. The van der Waals surface area contributed by atoms with Crippen molar-refractivity contribution in [2.75, 3.05) is 18.1 Å². The third kappa shape index (κ3) is 3.78. The van der Waals surface area contributed by atoms with Gasteiger partial charge in [0.15, 0.2) is 0 Å². The molecule has 0 bridgehead atoms. The van der Waals surface area contributed by atoms with Gasteiger partial charge in [-0.2, -0.15) is 11.8 Å². The van der Waals surface area contributed by atoms with Crippen LogP contribution in [0.5, 0.6) is 0 Å². The van der Waals surface area contributed by atoms with Crippen LogP contribution in [0.1, 0.15) is 26.2 Å². The summed E-state index contributed by atoms with van der Waals surface area (Å²) >= 11 is 1.94. The van der Waals surface area contributed by atoms with Gasteiger partial charge in [-0.3, -0.25) is 0 Å². The number of thioether (sulfide) groups is 1. The van der Waals surface area contributed by atoms with E-state index in [1.807, 2.05) is 11.8 Å². The van der Waals surface area contributed by atoms with Crippen LogP contribution in [0.3, 0.4) is 0 Å². The van der Waals surface area contributed by atoms with Crippen LogP contribution in [0.15, 0.2) is 0 Å². The molecule has 2 nitrogen and oxygen atoms in total. The monoisotopic (exact) mass is 189 g/mol. The molecule has 2 unspecified atom stereocenters. The van der Waals surface area contributed by atoms with E-state index in [1.54, 1.807) is 0 Å². The van der Waals surface area contributed by atoms with Crippen LogP contribution >= 0.6 is 11.8 Å². The zero-order valence-corrected chi connectivity index (χ0v) is 8.61. The Labute approximate surface area is 79.2 Å². The summed E-state index contributed by atoms with van der Waals surface area (Å²) in [5.41, 5.74) is 5.77. The van der Waals surface area contributed by atoms with Crippen LogP contribution in [0.25, 0.3) is 0 Å². The van der Waals surface area contributed by atoms with E-state index in [0.717, 1.165) is 31.6 Å². The van der Waals surface area contributed by atoms with Crippen molar-refractivity contribution in [2.45, 2.75) is 38.3 Å². The predicted octanol–water partition coefficient (Wildman–Crippen LogP) is 1.64. The molecule has 0 aromatic carbocycles. The first kappa shape index (κ1) is 10.4. The first-order chi connectivity index (χ1) is 5.83. The highest BCUT2D eigenvalue weighted by Crippen LogP contribution is 2.20. The molecule has 3 heteroatoms. The second kappa shape index (κ2) is 5.84. The highest BCUT2D eigenvalue weighted by Gasteiger charge is 2.21. The smallest absolute Gasteiger partial charge is 0.0590 e. The average molecular weight is 189 g/mol. The van der Waals surface area contributed by atoms with Crippen molar-refractivity contribution in [1.82, 2.24) is 0 Å². The molecule has 1 fully saturated rings. The Balaban J connectivity index is 1.93. The summed E-state index contributed by atoms with van der Waals surface area (Å²) in [5.74, 6) is 2.32. The SMILES string of the molecule is CCSCCOC1CCC(N)C1. The molecule has 2 atom stereocenters. The molecule has 1 aliphatic rings. The van der Waals surface area contributed by atoms with Gasteiger partial charge in [0.2, 0.25) is 0 Å². The molecule has 72 valence electrons. The maximum atomic E-state index is 5.77. The molecule has 0 saturated heterocycles. The summed E-state index contributed by atoms with van der Waals surface area (Å²) in [6.07, 6.45) is 3.83. The fourth-order valence-corrected chi connectivity index (χ4v) is 2.05. The highest BCUT2D eigenvalue weighted by molar-refractivity contribution is 7.99. The van der Waals surface area contributed by atoms with Crippen LogP contribution in [0.2, 0.25) is 0 Å². The van der Waals surface area contributed by atoms with Gasteiger partial charge in [0, 0.05) is 11.8 Å². The van der Waals surface area contributed by atoms with E-state index >= 15 is 0 Å². The lowest BCUT2D eigenvalue weighted by molar-refractivity contribution is 0.0695.